The van der Waals surface area contributed by atoms with Gasteiger partial charge in [-0.25, -0.2) is 0 Å². The van der Waals surface area contributed by atoms with Crippen LogP contribution >= 0.6 is 11.3 Å². The van der Waals surface area contributed by atoms with Crippen molar-refractivity contribution in [2.24, 2.45) is 5.73 Å². The summed E-state index contributed by atoms with van der Waals surface area (Å²) in [5.41, 5.74) is 5.65. The molecule has 2 rings (SSSR count). The Kier molecular flexibility index (Phi) is 4.74. The zero-order chi connectivity index (χ0) is 13.0. The van der Waals surface area contributed by atoms with Gasteiger partial charge in [-0.05, 0) is 24.3 Å². The summed E-state index contributed by atoms with van der Waals surface area (Å²) in [5.74, 6) is 0. The second-order valence-electron chi connectivity index (χ2n) is 4.40. The number of piperidine rings is 1. The van der Waals surface area contributed by atoms with E-state index in [1.54, 1.807) is 11.3 Å². The van der Waals surface area contributed by atoms with E-state index in [0.717, 1.165) is 24.1 Å². The Morgan fingerprint density at radius 2 is 2.33 bits per heavy atom. The van der Waals surface area contributed by atoms with Crippen molar-refractivity contribution in [3.63, 3.8) is 0 Å². The first-order valence-electron chi connectivity index (χ1n) is 6.12. The maximum atomic E-state index is 12.2. The summed E-state index contributed by atoms with van der Waals surface area (Å²) in [7, 11) is -3.41. The molecule has 5 nitrogen and oxygen atoms in total. The van der Waals surface area contributed by atoms with Crippen molar-refractivity contribution in [3.8, 4) is 0 Å². The fourth-order valence-electron chi connectivity index (χ4n) is 2.18. The first-order valence-corrected chi connectivity index (χ1v) is 8.44. The van der Waals surface area contributed by atoms with E-state index in [4.69, 9.17) is 5.73 Å². The maximum Gasteiger partial charge on any atom is 0.280 e. The lowest BCUT2D eigenvalue weighted by molar-refractivity contribution is 0.254. The molecule has 3 N–H and O–H groups in total. The molecule has 18 heavy (non-hydrogen) atoms. The average molecular weight is 289 g/mol. The van der Waals surface area contributed by atoms with Crippen molar-refractivity contribution < 1.29 is 8.42 Å². The zero-order valence-electron chi connectivity index (χ0n) is 10.2. The Hall–Kier alpha value is -0.470. The second-order valence-corrected chi connectivity index (χ2v) is 7.14. The fourth-order valence-corrected chi connectivity index (χ4v) is 4.38. The highest BCUT2D eigenvalue weighted by Crippen LogP contribution is 2.19. The van der Waals surface area contributed by atoms with Crippen molar-refractivity contribution in [3.05, 3.63) is 22.4 Å². The molecule has 0 radical (unpaired) electrons. The van der Waals surface area contributed by atoms with Gasteiger partial charge in [-0.15, -0.1) is 11.3 Å². The fraction of sp³-hybridized carbons (Fsp3) is 0.636. The number of hydrogen-bond acceptors (Lipinski definition) is 4. The minimum absolute atomic E-state index is 0.0559. The molecule has 7 heteroatoms. The lowest BCUT2D eigenvalue weighted by Gasteiger charge is -2.33. The van der Waals surface area contributed by atoms with Crippen LogP contribution in [0.2, 0.25) is 0 Å². The molecule has 1 fully saturated rings. The molecule has 0 aliphatic carbocycles. The van der Waals surface area contributed by atoms with E-state index in [9.17, 15) is 8.42 Å². The molecule has 0 saturated carbocycles. The van der Waals surface area contributed by atoms with Gasteiger partial charge in [0.15, 0.2) is 0 Å². The Morgan fingerprint density at radius 1 is 1.50 bits per heavy atom. The monoisotopic (exact) mass is 289 g/mol. The van der Waals surface area contributed by atoms with Crippen molar-refractivity contribution >= 4 is 21.5 Å². The van der Waals surface area contributed by atoms with Crippen molar-refractivity contribution in [1.82, 2.24) is 9.03 Å². The van der Waals surface area contributed by atoms with Gasteiger partial charge in [0.05, 0.1) is 0 Å². The average Bonchev–Trinajstić information content (AvgIpc) is 2.89. The van der Waals surface area contributed by atoms with Gasteiger partial charge in [0, 0.05) is 30.6 Å². The molecule has 1 aliphatic rings. The van der Waals surface area contributed by atoms with Gasteiger partial charge in [-0.2, -0.15) is 17.4 Å². The third-order valence-electron chi connectivity index (χ3n) is 3.16. The second kappa shape index (κ2) is 6.12. The predicted molar refractivity (Wildman–Crippen MR) is 73.5 cm³/mol. The molecule has 1 aromatic heterocycles. The van der Waals surface area contributed by atoms with Crippen LogP contribution in [0, 0.1) is 0 Å². The first kappa shape index (κ1) is 14.0. The van der Waals surface area contributed by atoms with Gasteiger partial charge >= 0.3 is 0 Å². The molecule has 0 spiro atoms. The molecule has 1 aromatic rings. The van der Waals surface area contributed by atoms with Crippen LogP contribution in [-0.4, -0.2) is 31.9 Å². The van der Waals surface area contributed by atoms with E-state index >= 15 is 0 Å². The lowest BCUT2D eigenvalue weighted by atomic mass is 10.1. The Morgan fingerprint density at radius 3 is 3.00 bits per heavy atom. The topological polar surface area (TPSA) is 75.4 Å². The Balaban J connectivity index is 2.00. The first-order chi connectivity index (χ1) is 8.63. The lowest BCUT2D eigenvalue weighted by Crippen LogP contribution is -2.51. The van der Waals surface area contributed by atoms with Gasteiger partial charge < -0.3 is 5.73 Å². The summed E-state index contributed by atoms with van der Waals surface area (Å²) in [6.07, 6.45) is 2.83. The summed E-state index contributed by atoms with van der Waals surface area (Å²) in [5, 5.41) is 1.94. The number of nitrogens with one attached hydrogen (secondary N) is 1. The highest BCUT2D eigenvalue weighted by atomic mass is 32.2. The Labute approximate surface area is 112 Å². The van der Waals surface area contributed by atoms with Crippen LogP contribution in [0.5, 0.6) is 0 Å². The number of rotatable bonds is 5. The molecule has 0 bridgehead atoms. The molecule has 0 aromatic carbocycles. The summed E-state index contributed by atoms with van der Waals surface area (Å²) in [4.78, 5) is 1.01. The number of nitrogens with zero attached hydrogens (tertiary/aromatic N) is 1. The normalized spacial score (nSPS) is 22.2. The van der Waals surface area contributed by atoms with E-state index in [1.165, 1.54) is 4.31 Å². The standard InChI is InChI=1S/C11H19N3O2S2/c12-8-10-4-1-2-6-14(10)18(15,16)13-9-11-5-3-7-17-11/h3,5,7,10,13H,1-2,4,6,8-9,12H2. The minimum Gasteiger partial charge on any atom is -0.329 e. The zero-order valence-corrected chi connectivity index (χ0v) is 11.8. The van der Waals surface area contributed by atoms with Crippen molar-refractivity contribution in [2.45, 2.75) is 31.8 Å². The third-order valence-corrected chi connectivity index (χ3v) is 5.65. The third kappa shape index (κ3) is 3.30. The predicted octanol–water partition coefficient (Wildman–Crippen LogP) is 0.896. The van der Waals surface area contributed by atoms with Crippen LogP contribution in [0.4, 0.5) is 0 Å². The van der Waals surface area contributed by atoms with E-state index in [2.05, 4.69) is 4.72 Å². The van der Waals surface area contributed by atoms with Gasteiger partial charge in [0.1, 0.15) is 0 Å². The highest BCUT2D eigenvalue weighted by molar-refractivity contribution is 7.87. The molecule has 102 valence electrons. The van der Waals surface area contributed by atoms with E-state index < -0.39 is 10.2 Å². The summed E-state index contributed by atoms with van der Waals surface area (Å²) in [6, 6.07) is 3.78. The Bertz CT molecular complexity index is 459. The molecule has 1 aliphatic heterocycles. The van der Waals surface area contributed by atoms with Crippen molar-refractivity contribution in [2.75, 3.05) is 13.1 Å². The van der Waals surface area contributed by atoms with E-state index in [1.807, 2.05) is 17.5 Å². The quantitative estimate of drug-likeness (QED) is 0.845. The van der Waals surface area contributed by atoms with Crippen LogP contribution in [0.1, 0.15) is 24.1 Å². The van der Waals surface area contributed by atoms with Crippen LogP contribution in [0.3, 0.4) is 0 Å². The molecular weight excluding hydrogens is 270 g/mol. The van der Waals surface area contributed by atoms with Crippen molar-refractivity contribution in [1.29, 1.82) is 0 Å². The van der Waals surface area contributed by atoms with E-state index in [-0.39, 0.29) is 6.04 Å². The van der Waals surface area contributed by atoms with E-state index in [0.29, 0.717) is 19.6 Å². The maximum absolute atomic E-state index is 12.2. The van der Waals surface area contributed by atoms with Gasteiger partial charge in [-0.3, -0.25) is 0 Å². The number of thiophene rings is 1. The molecule has 1 saturated heterocycles. The van der Waals surface area contributed by atoms with Gasteiger partial charge in [0.2, 0.25) is 0 Å². The largest absolute Gasteiger partial charge is 0.329 e. The van der Waals surface area contributed by atoms with Crippen LogP contribution in [0.15, 0.2) is 17.5 Å². The van der Waals surface area contributed by atoms with Crippen LogP contribution in [0.25, 0.3) is 0 Å². The van der Waals surface area contributed by atoms with Crippen LogP contribution < -0.4 is 10.5 Å². The SMILES string of the molecule is NCC1CCCCN1S(=O)(=O)NCc1cccs1. The van der Waals surface area contributed by atoms with Gasteiger partial charge in [-0.1, -0.05) is 12.5 Å². The highest BCUT2D eigenvalue weighted by Gasteiger charge is 2.30. The molecule has 1 atom stereocenters. The van der Waals surface area contributed by atoms with Gasteiger partial charge in [0.25, 0.3) is 10.2 Å². The summed E-state index contributed by atoms with van der Waals surface area (Å²) in [6.45, 7) is 1.31. The minimum atomic E-state index is -3.41. The summed E-state index contributed by atoms with van der Waals surface area (Å²) >= 11 is 1.55. The molecule has 2 heterocycles. The smallest absolute Gasteiger partial charge is 0.280 e. The van der Waals surface area contributed by atoms with Crippen LogP contribution in [-0.2, 0) is 16.8 Å². The summed E-state index contributed by atoms with van der Waals surface area (Å²) < 4.78 is 28.6. The molecule has 1 unspecified atom stereocenters. The molecule has 0 amide bonds. The number of nitrogens with two attached hydrogens (primary N) is 1. The number of hydrogen-bond donors (Lipinski definition) is 2. The molecular formula is C11H19N3O2S2.